The summed E-state index contributed by atoms with van der Waals surface area (Å²) in [4.78, 5) is 92.1. The number of hydrogen-bond acceptors (Lipinski definition) is 27. The predicted octanol–water partition coefficient (Wildman–Crippen LogP) is 9.96. The zero-order chi connectivity index (χ0) is 99.6. The highest BCUT2D eigenvalue weighted by atomic mass is 32.2. The van der Waals surface area contributed by atoms with Crippen molar-refractivity contribution in [2.75, 3.05) is 102 Å². The molecule has 0 saturated carbocycles. The molecule has 5 amide bonds. The molecule has 9 aliphatic heterocycles. The van der Waals surface area contributed by atoms with E-state index in [0.717, 1.165) is 101 Å². The summed E-state index contributed by atoms with van der Waals surface area (Å²) in [5.74, 6) is 3.52. The number of benzene rings is 5. The van der Waals surface area contributed by atoms with Crippen LogP contribution in [0.4, 0.5) is 11.6 Å². The number of nitrogens with one attached hydrogen (secondary N) is 1. The maximum Gasteiger partial charge on any atom is 0.259 e. The van der Waals surface area contributed by atoms with Gasteiger partial charge in [-0.15, -0.1) is 17.6 Å². The summed E-state index contributed by atoms with van der Waals surface area (Å²) in [6.45, 7) is 12.0. The number of para-hydroxylation sites is 1. The Hall–Kier alpha value is -14.5. The van der Waals surface area contributed by atoms with Crippen LogP contribution in [0.3, 0.4) is 0 Å². The Bertz CT molecular complexity index is 7240. The number of ether oxygens (including phenoxy) is 4. The normalized spacial score (nSPS) is 19.6. The monoisotopic (exact) mass is 2010 g/mol. The fourth-order valence-electron chi connectivity index (χ4n) is 19.0. The number of rotatable bonds is 21. The Balaban J connectivity index is 0.000000130. The number of pyridine rings is 4. The van der Waals surface area contributed by atoms with Crippen LogP contribution in [0.2, 0.25) is 0 Å². The number of likely N-dealkylation sites (tertiary alicyclic amines) is 4. The average molecular weight is 2010 g/mol. The molecule has 15 heterocycles. The van der Waals surface area contributed by atoms with E-state index in [1.807, 2.05) is 67.9 Å². The molecule has 5 saturated heterocycles. The largest absolute Gasteiger partial charge is 0.492 e. The topological polar surface area (TPSA) is 515 Å². The van der Waals surface area contributed by atoms with E-state index in [0.29, 0.717) is 179 Å². The Labute approximate surface area is 823 Å². The Kier molecular flexibility index (Phi) is 30.2. The SMILES string of the molecule is CC(C)C(=O)Nc1cc(C(=O)N2CCC[C@H](COc3cccc4c3C(N)=NS(=O)(=O)C4)C2)ccn1.NC1=NS(=O)(=O)Cc2cccc(OC[C@H]3CCCN(C(=O)c4ccnc(-n5ccc6ccccc65)c4)C3)c21.NC1=NS(=O)(=O)Cc2cccc(OC[C@H]3CCCN(C(=O)c4ccnc(-n5cccn5)c4)C3)c21.NC1=NS(=O)(=O)Cc2cccc(OC[C@H]3CCCN(C(=O)c4ccnc(N5CCCCC5)c4)C3)c21. The van der Waals surface area contributed by atoms with Gasteiger partial charge in [0.2, 0.25) is 5.91 Å². The summed E-state index contributed by atoms with van der Waals surface area (Å²) in [6, 6.07) is 46.8. The highest BCUT2D eigenvalue weighted by molar-refractivity contribution is 7.90. The van der Waals surface area contributed by atoms with Gasteiger partial charge in [-0.25, -0.2) is 58.3 Å². The Morgan fingerprint density at radius 3 is 1.11 bits per heavy atom. The van der Waals surface area contributed by atoms with Gasteiger partial charge in [-0.05, 0) is 189 Å². The summed E-state index contributed by atoms with van der Waals surface area (Å²) in [6.07, 6.45) is 22.6. The van der Waals surface area contributed by atoms with E-state index in [1.54, 1.807) is 170 Å². The summed E-state index contributed by atoms with van der Waals surface area (Å²) in [7, 11) is -14.4. The maximum atomic E-state index is 13.5. The zero-order valence-corrected chi connectivity index (χ0v) is 81.7. The standard InChI is InChI=1S/C28H27N5O4S.C25H31N5O4S.C24H29N5O5S.C23H24N6O4S/c29-27-26-22(18-38(35,36)31-27)7-3-9-24(26)37-17-19-5-4-13-32(16-19)28(34)21-10-12-30-25(15-21)33-14-11-20-6-1-2-8-23(20)33;26-24-23-20(17-35(32,33)28-24)7-4-8-21(23)34-16-18-6-5-13-30(15-18)25(31)19-9-10-27-22(14-19)29-11-2-1-3-12-29;1-15(2)23(30)27-20-11-17(8-9-26-20)24(31)29-10-4-5-16(12-29)13-34-19-7-3-6-18-14-35(32,33)28-22(25)21(18)19;24-22-21-18(15-34(31,32)27-22)5-1-6-19(21)33-14-16-4-2-10-28(13-16)23(30)17-7-9-25-20(12-17)29-11-3-8-26-29/h1-3,6-12,14-15,19H,4-5,13,16-18H2,(H2,29,31);4,7-10,14,18H,1-3,5-6,11-13,15-17H2,(H2,26,28);3,6-9,11,15-16H,4-5,10,12-14H2,1-2H3,(H2,25,28)(H,26,27,30);1,3,5-9,11-12,16H,2,4,10,13-15H2,(H2,24,27)/t19-;18-;2*16-/m0000/s1. The summed E-state index contributed by atoms with van der Waals surface area (Å²) >= 11 is 0. The lowest BCUT2D eigenvalue weighted by molar-refractivity contribution is -0.118. The first-order valence-electron chi connectivity index (χ1n) is 47.3. The number of sulfonamides is 4. The molecule has 0 radical (unpaired) electrons. The second-order valence-electron chi connectivity index (χ2n) is 36.8. The molecule has 11 aromatic rings. The molecular formula is C100H111N21O17S4. The molecule has 5 fully saturated rings. The molecule has 6 aromatic heterocycles. The smallest absolute Gasteiger partial charge is 0.259 e. The zero-order valence-electron chi connectivity index (χ0n) is 78.5. The molecule has 9 aliphatic rings. The van der Waals surface area contributed by atoms with E-state index in [4.69, 9.17) is 41.9 Å². The molecule has 0 spiro atoms. The molecule has 9 N–H and O–H groups in total. The van der Waals surface area contributed by atoms with Crippen molar-refractivity contribution >= 4 is 116 Å². The second-order valence-corrected chi connectivity index (χ2v) is 43.3. The van der Waals surface area contributed by atoms with Crippen molar-refractivity contribution in [2.45, 2.75) is 107 Å². The van der Waals surface area contributed by atoms with Gasteiger partial charge in [0, 0.05) is 161 Å². The molecule has 5 aromatic carbocycles. The minimum Gasteiger partial charge on any atom is -0.492 e. The van der Waals surface area contributed by atoms with E-state index in [9.17, 15) is 57.6 Å². The van der Waals surface area contributed by atoms with Crippen LogP contribution in [0.1, 0.15) is 170 Å². The van der Waals surface area contributed by atoms with E-state index >= 15 is 0 Å². The first kappa shape index (κ1) is 99.1. The molecule has 742 valence electrons. The molecule has 0 unspecified atom stereocenters. The van der Waals surface area contributed by atoms with Crippen LogP contribution in [0.5, 0.6) is 23.0 Å². The number of amides is 5. The number of aromatic nitrogens is 7. The van der Waals surface area contributed by atoms with Gasteiger partial charge >= 0.3 is 0 Å². The van der Waals surface area contributed by atoms with Crippen molar-refractivity contribution in [3.8, 4) is 34.6 Å². The van der Waals surface area contributed by atoms with E-state index in [2.05, 4.69) is 52.8 Å². The molecule has 20 rings (SSSR count). The number of anilines is 2. The minimum atomic E-state index is -3.62. The van der Waals surface area contributed by atoms with Gasteiger partial charge in [0.15, 0.2) is 5.82 Å². The highest BCUT2D eigenvalue weighted by Crippen LogP contribution is 2.37. The number of piperidine rings is 5. The van der Waals surface area contributed by atoms with Crippen molar-refractivity contribution in [1.29, 1.82) is 0 Å². The molecule has 38 nitrogen and oxygen atoms in total. The third-order valence-electron chi connectivity index (χ3n) is 25.9. The van der Waals surface area contributed by atoms with E-state index in [1.165, 1.54) is 12.6 Å². The number of fused-ring (bicyclic) bond motifs is 5. The van der Waals surface area contributed by atoms with Crippen LogP contribution in [0, 0.1) is 29.6 Å². The number of nitrogens with zero attached hydrogens (tertiary/aromatic N) is 16. The van der Waals surface area contributed by atoms with Gasteiger partial charge in [-0.1, -0.05) is 80.6 Å². The van der Waals surface area contributed by atoms with Gasteiger partial charge in [0.05, 0.1) is 77.2 Å². The molecule has 142 heavy (non-hydrogen) atoms. The van der Waals surface area contributed by atoms with Crippen LogP contribution < -0.4 is 52.1 Å². The lowest BCUT2D eigenvalue weighted by atomic mass is 9.98. The van der Waals surface area contributed by atoms with Gasteiger partial charge < -0.3 is 76.3 Å². The molecule has 0 aliphatic carbocycles. The molecule has 4 atom stereocenters. The van der Waals surface area contributed by atoms with Crippen LogP contribution in [0.15, 0.2) is 219 Å². The maximum absolute atomic E-state index is 13.5. The number of nitrogens with two attached hydrogens (primary N) is 4. The van der Waals surface area contributed by atoms with Gasteiger partial charge in [0.25, 0.3) is 63.7 Å². The van der Waals surface area contributed by atoms with Crippen molar-refractivity contribution in [2.24, 2.45) is 70.1 Å². The van der Waals surface area contributed by atoms with Crippen LogP contribution in [-0.2, 0) is 67.9 Å². The summed E-state index contributed by atoms with van der Waals surface area (Å²) in [5.41, 5.74) is 31.5. The number of amidine groups is 4. The quantitative estimate of drug-likeness (QED) is 0.0446. The number of carbonyl (C=O) groups is 5. The van der Waals surface area contributed by atoms with Crippen molar-refractivity contribution < 1.29 is 76.6 Å². The van der Waals surface area contributed by atoms with Gasteiger partial charge in [0.1, 0.15) is 63.8 Å². The lowest BCUT2D eigenvalue weighted by Gasteiger charge is -2.33. The van der Waals surface area contributed by atoms with Gasteiger partial charge in [-0.2, -0.15) is 5.10 Å². The summed E-state index contributed by atoms with van der Waals surface area (Å²) in [5, 5.41) is 8.00. The number of hydrogen-bond donors (Lipinski definition) is 5. The average Bonchev–Trinajstić information content (AvgIpc) is 0.895. The third-order valence-corrected chi connectivity index (χ3v) is 30.5. The predicted molar refractivity (Wildman–Crippen MR) is 536 cm³/mol. The first-order valence-corrected chi connectivity index (χ1v) is 53.7. The minimum absolute atomic E-state index is 0.0223. The van der Waals surface area contributed by atoms with Gasteiger partial charge in [-0.3, -0.25) is 24.0 Å². The first-order chi connectivity index (χ1) is 68.3. The Morgan fingerprint density at radius 2 is 0.725 bits per heavy atom. The molecular weight excluding hydrogens is 1900 g/mol. The molecule has 0 bridgehead atoms. The van der Waals surface area contributed by atoms with Crippen LogP contribution >= 0.6 is 0 Å². The third kappa shape index (κ3) is 24.0. The van der Waals surface area contributed by atoms with Crippen molar-refractivity contribution in [3.63, 3.8) is 0 Å². The Morgan fingerprint density at radius 1 is 0.373 bits per heavy atom. The summed E-state index contributed by atoms with van der Waals surface area (Å²) < 4.78 is 138. The van der Waals surface area contributed by atoms with E-state index < -0.39 is 40.1 Å². The van der Waals surface area contributed by atoms with E-state index in [-0.39, 0.29) is 105 Å². The van der Waals surface area contributed by atoms with Crippen molar-refractivity contribution in [3.05, 3.63) is 268 Å². The van der Waals surface area contributed by atoms with Crippen LogP contribution in [-0.4, -0.2) is 232 Å². The second kappa shape index (κ2) is 43.3. The lowest BCUT2D eigenvalue weighted by Crippen LogP contribution is -2.41. The number of carbonyl (C=O) groups excluding carboxylic acids is 5. The van der Waals surface area contributed by atoms with Crippen molar-refractivity contribution in [1.82, 2.24) is 53.9 Å². The highest BCUT2D eigenvalue weighted by Gasteiger charge is 2.36. The van der Waals surface area contributed by atoms with Crippen LogP contribution in [0.25, 0.3) is 22.5 Å². The fraction of sp³-hybridized carbons (Fsp3) is 0.360. The fourth-order valence-corrected chi connectivity index (χ4v) is 23.4. The molecule has 42 heteroatoms.